The molecule has 196 valence electrons. The number of nitrogens with one attached hydrogen (secondary N) is 1. The molecule has 0 spiro atoms. The highest BCUT2D eigenvalue weighted by atomic mass is 32.1. The van der Waals surface area contributed by atoms with Gasteiger partial charge in [-0.1, -0.05) is 12.1 Å². The van der Waals surface area contributed by atoms with E-state index in [4.69, 9.17) is 25.7 Å². The van der Waals surface area contributed by atoms with Crippen LogP contribution in [-0.4, -0.2) is 61.7 Å². The Hall–Kier alpha value is -4.36. The Morgan fingerprint density at radius 3 is 2.38 bits per heavy atom. The van der Waals surface area contributed by atoms with Crippen LogP contribution in [-0.2, 0) is 9.53 Å². The second-order valence-electron chi connectivity index (χ2n) is 7.63. The summed E-state index contributed by atoms with van der Waals surface area (Å²) in [7, 11) is 4.35. The number of aromatic hydroxyl groups is 1. The maximum Gasteiger partial charge on any atom is 0.273 e. The maximum atomic E-state index is 14.1. The van der Waals surface area contributed by atoms with Gasteiger partial charge in [0.05, 0.1) is 32.2 Å². The number of rotatable bonds is 11. The average Bonchev–Trinajstić information content (AvgIpc) is 3.28. The van der Waals surface area contributed by atoms with Crippen molar-refractivity contribution in [3.63, 3.8) is 0 Å². The quantitative estimate of drug-likeness (QED) is 0.269. The van der Waals surface area contributed by atoms with E-state index in [-0.39, 0.29) is 46.6 Å². The van der Waals surface area contributed by atoms with Gasteiger partial charge in [-0.3, -0.25) is 19.3 Å². The van der Waals surface area contributed by atoms with E-state index in [1.165, 1.54) is 56.6 Å². The zero-order valence-corrected chi connectivity index (χ0v) is 21.2. The molecule has 13 heteroatoms. The summed E-state index contributed by atoms with van der Waals surface area (Å²) in [4.78, 5) is 40.5. The highest BCUT2D eigenvalue weighted by Crippen LogP contribution is 2.40. The van der Waals surface area contributed by atoms with Crippen LogP contribution in [0.2, 0.25) is 0 Å². The molecule has 0 fully saturated rings. The smallest absolute Gasteiger partial charge is 0.273 e. The Balaban J connectivity index is 2.28. The zero-order chi connectivity index (χ0) is 27.1. The molecular formula is C24H27N5O7S. The van der Waals surface area contributed by atoms with Crippen LogP contribution in [0.3, 0.4) is 0 Å². The largest absolute Gasteiger partial charge is 0.508 e. The van der Waals surface area contributed by atoms with Crippen molar-refractivity contribution >= 4 is 40.6 Å². The molecule has 0 radical (unpaired) electrons. The number of hydrogen-bond acceptors (Lipinski definition) is 10. The van der Waals surface area contributed by atoms with Gasteiger partial charge in [-0.15, -0.1) is 0 Å². The third kappa shape index (κ3) is 5.90. The first-order valence-electron chi connectivity index (χ1n) is 10.9. The molecule has 1 aromatic heterocycles. The Kier molecular flexibility index (Phi) is 8.87. The average molecular weight is 530 g/mol. The number of nitrogen functional groups attached to an aromatic ring is 1. The first-order valence-corrected chi connectivity index (χ1v) is 11.7. The molecule has 37 heavy (non-hydrogen) atoms. The van der Waals surface area contributed by atoms with Crippen molar-refractivity contribution in [3.8, 4) is 17.2 Å². The highest BCUT2D eigenvalue weighted by Gasteiger charge is 2.37. The van der Waals surface area contributed by atoms with Crippen molar-refractivity contribution in [2.24, 2.45) is 5.73 Å². The molecule has 2 aromatic carbocycles. The van der Waals surface area contributed by atoms with E-state index in [2.05, 4.69) is 9.69 Å². The Morgan fingerprint density at radius 2 is 1.81 bits per heavy atom. The van der Waals surface area contributed by atoms with Gasteiger partial charge >= 0.3 is 0 Å². The van der Waals surface area contributed by atoms with Crippen LogP contribution in [0, 0.1) is 0 Å². The standard InChI is InChI=1S/C24H27N5O7S/c1-34-11-10-27-23(32)20(13-4-6-14(30)7-5-13)29(16-12-15(35-2)8-9-17(16)36-3)24(33)21-18(25)19(22(26)31)28-37-21/h4-9,12,20,30H,10-11,25H2,1-3H3,(H2,26,31)(H,27,32). The van der Waals surface area contributed by atoms with Gasteiger partial charge in [0.15, 0.2) is 5.69 Å². The number of ether oxygens (including phenoxy) is 3. The predicted octanol–water partition coefficient (Wildman–Crippen LogP) is 1.70. The molecule has 1 unspecified atom stereocenters. The summed E-state index contributed by atoms with van der Waals surface area (Å²) >= 11 is 0.676. The van der Waals surface area contributed by atoms with Crippen molar-refractivity contribution in [3.05, 3.63) is 58.6 Å². The highest BCUT2D eigenvalue weighted by molar-refractivity contribution is 7.09. The summed E-state index contributed by atoms with van der Waals surface area (Å²) in [5.41, 5.74) is 11.5. The normalized spacial score (nSPS) is 11.4. The summed E-state index contributed by atoms with van der Waals surface area (Å²) in [6.07, 6.45) is 0. The monoisotopic (exact) mass is 529 g/mol. The molecule has 12 nitrogen and oxygen atoms in total. The number of nitrogens with zero attached hydrogens (tertiary/aromatic N) is 2. The Bertz CT molecular complexity index is 1280. The fraction of sp³-hybridized carbons (Fsp3) is 0.250. The third-order valence-electron chi connectivity index (χ3n) is 5.34. The van der Waals surface area contributed by atoms with Crippen molar-refractivity contribution in [2.75, 3.05) is 45.1 Å². The molecule has 0 aliphatic heterocycles. The number of primary amides is 1. The van der Waals surface area contributed by atoms with Gasteiger partial charge in [-0.05, 0) is 41.4 Å². The van der Waals surface area contributed by atoms with Crippen LogP contribution < -0.4 is 31.2 Å². The second kappa shape index (κ2) is 12.1. The lowest BCUT2D eigenvalue weighted by molar-refractivity contribution is -0.122. The molecule has 1 atom stereocenters. The molecule has 6 N–H and O–H groups in total. The molecule has 0 aliphatic rings. The first kappa shape index (κ1) is 27.2. The number of carbonyl (C=O) groups excluding carboxylic acids is 3. The van der Waals surface area contributed by atoms with Crippen molar-refractivity contribution in [1.82, 2.24) is 9.69 Å². The van der Waals surface area contributed by atoms with Gasteiger partial charge in [-0.25, -0.2) is 0 Å². The first-order chi connectivity index (χ1) is 17.7. The number of anilines is 2. The van der Waals surface area contributed by atoms with E-state index >= 15 is 0 Å². The molecule has 1 heterocycles. The van der Waals surface area contributed by atoms with Crippen molar-refractivity contribution in [2.45, 2.75) is 6.04 Å². The minimum atomic E-state index is -1.27. The summed E-state index contributed by atoms with van der Waals surface area (Å²) < 4.78 is 19.8. The lowest BCUT2D eigenvalue weighted by Gasteiger charge is -2.32. The number of carbonyl (C=O) groups is 3. The predicted molar refractivity (Wildman–Crippen MR) is 137 cm³/mol. The number of methoxy groups -OCH3 is 3. The summed E-state index contributed by atoms with van der Waals surface area (Å²) in [6.45, 7) is 0.393. The Labute approximate surface area is 216 Å². The minimum absolute atomic E-state index is 0.0306. The fourth-order valence-electron chi connectivity index (χ4n) is 3.54. The number of phenolic OH excluding ortho intramolecular Hbond substituents is 1. The van der Waals surface area contributed by atoms with Gasteiger partial charge in [0.2, 0.25) is 5.91 Å². The van der Waals surface area contributed by atoms with Crippen LogP contribution in [0.15, 0.2) is 42.5 Å². The van der Waals surface area contributed by atoms with Crippen molar-refractivity contribution in [1.29, 1.82) is 0 Å². The van der Waals surface area contributed by atoms with E-state index in [0.717, 1.165) is 0 Å². The summed E-state index contributed by atoms with van der Waals surface area (Å²) in [5, 5.41) is 12.6. The summed E-state index contributed by atoms with van der Waals surface area (Å²) in [6, 6.07) is 9.26. The lowest BCUT2D eigenvalue weighted by atomic mass is 10.0. The second-order valence-corrected chi connectivity index (χ2v) is 8.40. The van der Waals surface area contributed by atoms with Gasteiger partial charge < -0.3 is 36.1 Å². The van der Waals surface area contributed by atoms with Gasteiger partial charge in [-0.2, -0.15) is 4.37 Å². The SMILES string of the molecule is COCCNC(=O)C(c1ccc(O)cc1)N(C(=O)c1snc(C(N)=O)c1N)c1cc(OC)ccc1OC. The number of amides is 3. The molecule has 0 bridgehead atoms. The van der Waals surface area contributed by atoms with Crippen LogP contribution >= 0.6 is 11.5 Å². The van der Waals surface area contributed by atoms with Crippen molar-refractivity contribution < 1.29 is 33.7 Å². The third-order valence-corrected chi connectivity index (χ3v) is 6.19. The molecular weight excluding hydrogens is 502 g/mol. The van der Waals surface area contributed by atoms with Crippen LogP contribution in [0.5, 0.6) is 17.2 Å². The number of phenols is 1. The van der Waals surface area contributed by atoms with E-state index in [1.807, 2.05) is 0 Å². The van der Waals surface area contributed by atoms with Crippen LogP contribution in [0.4, 0.5) is 11.4 Å². The molecule has 0 saturated carbocycles. The molecule has 0 saturated heterocycles. The van der Waals surface area contributed by atoms with E-state index in [0.29, 0.717) is 22.8 Å². The lowest BCUT2D eigenvalue weighted by Crippen LogP contribution is -2.45. The Morgan fingerprint density at radius 1 is 1.11 bits per heavy atom. The van der Waals surface area contributed by atoms with E-state index < -0.39 is 23.8 Å². The topological polar surface area (TPSA) is 179 Å². The minimum Gasteiger partial charge on any atom is -0.508 e. The van der Waals surface area contributed by atoms with E-state index in [9.17, 15) is 19.5 Å². The van der Waals surface area contributed by atoms with Gasteiger partial charge in [0.25, 0.3) is 11.8 Å². The fourth-order valence-corrected chi connectivity index (χ4v) is 4.28. The molecule has 3 aromatic rings. The maximum absolute atomic E-state index is 14.1. The molecule has 3 rings (SSSR count). The van der Waals surface area contributed by atoms with Crippen LogP contribution in [0.1, 0.15) is 31.8 Å². The number of nitrogens with two attached hydrogens (primary N) is 2. The zero-order valence-electron chi connectivity index (χ0n) is 20.4. The molecule has 0 aliphatic carbocycles. The van der Waals surface area contributed by atoms with Crippen LogP contribution in [0.25, 0.3) is 0 Å². The number of aromatic nitrogens is 1. The molecule has 3 amide bonds. The number of benzene rings is 2. The summed E-state index contributed by atoms with van der Waals surface area (Å²) in [5.74, 6) is -1.59. The van der Waals surface area contributed by atoms with Gasteiger partial charge in [0, 0.05) is 19.7 Å². The number of hydrogen-bond donors (Lipinski definition) is 4. The van der Waals surface area contributed by atoms with Gasteiger partial charge in [0.1, 0.15) is 28.2 Å². The van der Waals surface area contributed by atoms with E-state index in [1.54, 1.807) is 12.1 Å².